The molecule has 1 aromatic rings. The molecule has 2 nitrogen and oxygen atoms in total. The lowest BCUT2D eigenvalue weighted by Crippen LogP contribution is -2.24. The third kappa shape index (κ3) is 2.94. The van der Waals surface area contributed by atoms with E-state index < -0.39 is 0 Å². The molecule has 0 aliphatic heterocycles. The molecule has 12 heavy (non-hydrogen) atoms. The van der Waals surface area contributed by atoms with Gasteiger partial charge in [0, 0.05) is 16.3 Å². The second-order valence-corrected chi connectivity index (χ2v) is 3.87. The summed E-state index contributed by atoms with van der Waals surface area (Å²) in [6.07, 6.45) is 0. The molecular weight excluding hydrogens is 283 g/mol. The summed E-state index contributed by atoms with van der Waals surface area (Å²) < 4.78 is 1.19. The second kappa shape index (κ2) is 4.61. The van der Waals surface area contributed by atoms with Crippen LogP contribution in [0.3, 0.4) is 0 Å². The Kier molecular flexibility index (Phi) is 3.74. The number of hydrogen-bond donors (Lipinski definition) is 2. The summed E-state index contributed by atoms with van der Waals surface area (Å²) in [5, 5.41) is 6.53. The molecule has 0 aromatic heterocycles. The highest BCUT2D eigenvalue weighted by molar-refractivity contribution is 14.1. The zero-order valence-corrected chi connectivity index (χ0v) is 9.57. The van der Waals surface area contributed by atoms with Gasteiger partial charge in [0.25, 0.3) is 0 Å². The van der Waals surface area contributed by atoms with Crippen LogP contribution in [0, 0.1) is 3.57 Å². The van der Waals surface area contributed by atoms with Crippen molar-refractivity contribution < 1.29 is 0 Å². The van der Waals surface area contributed by atoms with E-state index >= 15 is 0 Å². The molecule has 0 unspecified atom stereocenters. The molecule has 1 rings (SSSR count). The molecule has 0 saturated heterocycles. The molecule has 0 aliphatic rings. The molecule has 0 saturated carbocycles. The number of halogens is 1. The maximum absolute atomic E-state index is 4.96. The van der Waals surface area contributed by atoms with Gasteiger partial charge in [-0.1, -0.05) is 6.07 Å². The van der Waals surface area contributed by atoms with Gasteiger partial charge in [0.2, 0.25) is 0 Å². The van der Waals surface area contributed by atoms with Crippen molar-refractivity contribution in [1.82, 2.24) is 5.32 Å². The molecule has 64 valence electrons. The summed E-state index contributed by atoms with van der Waals surface area (Å²) in [6, 6.07) is 8.03. The molecule has 0 bridgehead atoms. The Bertz CT molecular complexity index is 288. The van der Waals surface area contributed by atoms with E-state index in [1.54, 1.807) is 7.05 Å². The van der Waals surface area contributed by atoms with Crippen molar-refractivity contribution in [2.24, 2.45) is 0 Å². The zero-order chi connectivity index (χ0) is 8.97. The first-order valence-electron chi connectivity index (χ1n) is 3.46. The van der Waals surface area contributed by atoms with E-state index in [4.69, 9.17) is 12.2 Å². The van der Waals surface area contributed by atoms with E-state index in [2.05, 4.69) is 33.2 Å². The summed E-state index contributed by atoms with van der Waals surface area (Å²) in [6.45, 7) is 0. The largest absolute Gasteiger partial charge is 0.366 e. The van der Waals surface area contributed by atoms with Crippen molar-refractivity contribution in [3.8, 4) is 0 Å². The minimum Gasteiger partial charge on any atom is -0.366 e. The Labute approximate surface area is 90.9 Å². The van der Waals surface area contributed by atoms with Gasteiger partial charge in [-0.05, 0) is 53.0 Å². The predicted molar refractivity (Wildman–Crippen MR) is 64.4 cm³/mol. The minimum absolute atomic E-state index is 0.636. The van der Waals surface area contributed by atoms with E-state index in [9.17, 15) is 0 Å². The molecular formula is C8H9IN2S. The van der Waals surface area contributed by atoms with E-state index in [0.29, 0.717) is 5.11 Å². The predicted octanol–water partition coefficient (Wildman–Crippen LogP) is 2.21. The molecule has 0 spiro atoms. The maximum atomic E-state index is 4.96. The highest BCUT2D eigenvalue weighted by Gasteiger charge is 1.94. The minimum atomic E-state index is 0.636. The summed E-state index contributed by atoms with van der Waals surface area (Å²) in [5.74, 6) is 0. The topological polar surface area (TPSA) is 24.1 Å². The third-order valence-electron chi connectivity index (χ3n) is 1.31. The smallest absolute Gasteiger partial charge is 0.170 e. The first-order valence-corrected chi connectivity index (χ1v) is 4.95. The average Bonchev–Trinajstić information content (AvgIpc) is 2.04. The van der Waals surface area contributed by atoms with Crippen molar-refractivity contribution in [3.63, 3.8) is 0 Å². The first-order chi connectivity index (χ1) is 5.72. The first kappa shape index (κ1) is 9.73. The Morgan fingerprint density at radius 1 is 1.50 bits per heavy atom. The molecule has 1 aromatic carbocycles. The number of nitrogens with one attached hydrogen (secondary N) is 2. The Morgan fingerprint density at radius 2 is 2.25 bits per heavy atom. The lowest BCUT2D eigenvalue weighted by Gasteiger charge is -2.06. The summed E-state index contributed by atoms with van der Waals surface area (Å²) in [7, 11) is 1.79. The van der Waals surface area contributed by atoms with Gasteiger partial charge < -0.3 is 10.6 Å². The van der Waals surface area contributed by atoms with Crippen LogP contribution in [0.1, 0.15) is 0 Å². The summed E-state index contributed by atoms with van der Waals surface area (Å²) in [5.41, 5.74) is 1.02. The van der Waals surface area contributed by atoms with Gasteiger partial charge in [0.15, 0.2) is 5.11 Å². The Hall–Kier alpha value is -0.360. The van der Waals surface area contributed by atoms with Crippen molar-refractivity contribution in [3.05, 3.63) is 27.8 Å². The number of hydrogen-bond acceptors (Lipinski definition) is 1. The van der Waals surface area contributed by atoms with Crippen molar-refractivity contribution in [2.45, 2.75) is 0 Å². The normalized spacial score (nSPS) is 9.17. The van der Waals surface area contributed by atoms with Crippen molar-refractivity contribution in [2.75, 3.05) is 12.4 Å². The van der Waals surface area contributed by atoms with Crippen LogP contribution in [-0.2, 0) is 0 Å². The van der Waals surface area contributed by atoms with E-state index in [1.165, 1.54) is 3.57 Å². The van der Waals surface area contributed by atoms with Crippen LogP contribution in [0.5, 0.6) is 0 Å². The number of rotatable bonds is 1. The second-order valence-electron chi connectivity index (χ2n) is 2.21. The monoisotopic (exact) mass is 292 g/mol. The molecule has 2 N–H and O–H groups in total. The van der Waals surface area contributed by atoms with Gasteiger partial charge >= 0.3 is 0 Å². The fraction of sp³-hybridized carbons (Fsp3) is 0.125. The fourth-order valence-electron chi connectivity index (χ4n) is 0.760. The molecule has 0 atom stereocenters. The average molecular weight is 292 g/mol. The molecule has 4 heteroatoms. The Balaban J connectivity index is 2.69. The Morgan fingerprint density at radius 3 is 2.83 bits per heavy atom. The van der Waals surface area contributed by atoms with Crippen LogP contribution in [0.15, 0.2) is 24.3 Å². The maximum Gasteiger partial charge on any atom is 0.170 e. The van der Waals surface area contributed by atoms with Crippen LogP contribution in [0.2, 0.25) is 0 Å². The van der Waals surface area contributed by atoms with Crippen molar-refractivity contribution in [1.29, 1.82) is 0 Å². The molecule has 0 fully saturated rings. The number of anilines is 1. The molecule has 0 amide bonds. The zero-order valence-electron chi connectivity index (χ0n) is 6.60. The molecule has 0 radical (unpaired) electrons. The molecule has 0 heterocycles. The quantitative estimate of drug-likeness (QED) is 0.613. The summed E-state index contributed by atoms with van der Waals surface area (Å²) in [4.78, 5) is 0. The van der Waals surface area contributed by atoms with Crippen LogP contribution < -0.4 is 10.6 Å². The number of benzene rings is 1. The molecule has 0 aliphatic carbocycles. The standard InChI is InChI=1S/C8H9IN2S/c1-10-8(12)11-7-4-2-3-6(9)5-7/h2-5H,1H3,(H2,10,11,12). The third-order valence-corrected chi connectivity index (χ3v) is 2.29. The fourth-order valence-corrected chi connectivity index (χ4v) is 1.42. The van der Waals surface area contributed by atoms with Gasteiger partial charge in [0.1, 0.15) is 0 Å². The van der Waals surface area contributed by atoms with E-state index in [0.717, 1.165) is 5.69 Å². The van der Waals surface area contributed by atoms with Crippen LogP contribution in [-0.4, -0.2) is 12.2 Å². The lowest BCUT2D eigenvalue weighted by atomic mass is 10.3. The van der Waals surface area contributed by atoms with Gasteiger partial charge in [-0.2, -0.15) is 0 Å². The van der Waals surface area contributed by atoms with Gasteiger partial charge in [-0.25, -0.2) is 0 Å². The van der Waals surface area contributed by atoms with Crippen LogP contribution >= 0.6 is 34.8 Å². The lowest BCUT2D eigenvalue weighted by molar-refractivity contribution is 1.20. The van der Waals surface area contributed by atoms with E-state index in [1.807, 2.05) is 24.3 Å². The number of thiocarbonyl (C=S) groups is 1. The van der Waals surface area contributed by atoms with Gasteiger partial charge in [0.05, 0.1) is 0 Å². The van der Waals surface area contributed by atoms with E-state index in [-0.39, 0.29) is 0 Å². The van der Waals surface area contributed by atoms with Crippen LogP contribution in [0.4, 0.5) is 5.69 Å². The van der Waals surface area contributed by atoms with Gasteiger partial charge in [-0.15, -0.1) is 0 Å². The van der Waals surface area contributed by atoms with Crippen LogP contribution in [0.25, 0.3) is 0 Å². The summed E-state index contributed by atoms with van der Waals surface area (Å²) >= 11 is 7.22. The SMILES string of the molecule is CNC(=S)Nc1cccc(I)c1. The highest BCUT2D eigenvalue weighted by atomic mass is 127. The highest BCUT2D eigenvalue weighted by Crippen LogP contribution is 2.11. The van der Waals surface area contributed by atoms with Crippen molar-refractivity contribution >= 4 is 45.6 Å². The van der Waals surface area contributed by atoms with Gasteiger partial charge in [-0.3, -0.25) is 0 Å².